The van der Waals surface area contributed by atoms with Crippen LogP contribution in [-0.4, -0.2) is 17.0 Å². The second-order valence-electron chi connectivity index (χ2n) is 9.29. The molecule has 5 rings (SSSR count). The van der Waals surface area contributed by atoms with Gasteiger partial charge in [0.2, 0.25) is 5.91 Å². The van der Waals surface area contributed by atoms with Gasteiger partial charge in [0, 0.05) is 11.1 Å². The number of rotatable bonds is 7. The zero-order valence-electron chi connectivity index (χ0n) is 18.0. The number of unbranched alkanes of at least 4 members (excludes halogenated alkanes) is 1. The lowest BCUT2D eigenvalue weighted by molar-refractivity contribution is -0.137. The average Bonchev–Trinajstić information content (AvgIpc) is 3.19. The van der Waals surface area contributed by atoms with Gasteiger partial charge in [-0.15, -0.1) is 11.3 Å². The molecular formula is C25H33NO3S. The number of fused-ring (bicyclic) bond motifs is 3. The molecule has 5 heteroatoms. The maximum absolute atomic E-state index is 10.9. The van der Waals surface area contributed by atoms with E-state index in [-0.39, 0.29) is 5.91 Å². The van der Waals surface area contributed by atoms with E-state index in [0.29, 0.717) is 17.4 Å². The molecule has 30 heavy (non-hydrogen) atoms. The molecule has 3 saturated carbocycles. The summed E-state index contributed by atoms with van der Waals surface area (Å²) in [7, 11) is 0. The van der Waals surface area contributed by atoms with E-state index in [1.54, 1.807) is 17.4 Å². The zero-order valence-corrected chi connectivity index (χ0v) is 18.8. The summed E-state index contributed by atoms with van der Waals surface area (Å²) >= 11 is 1.54. The standard InChI is InChI=1S/C16H26O2.C9H7NOS/c1-16(2)13-9-12(10-14(16)11-13)7-5-3-4-6-8-15(17)18;10-9(11)7-3-1-2-6-4-5-12-8(6)7/h3,5,12-14H,4,6-11H2,1-2H3,(H,17,18);1-5H,(H2,10,11)/b5-3-;. The van der Waals surface area contributed by atoms with Crippen LogP contribution in [0.2, 0.25) is 0 Å². The van der Waals surface area contributed by atoms with Crippen LogP contribution in [0.1, 0.15) is 69.2 Å². The van der Waals surface area contributed by atoms with Gasteiger partial charge in [0.25, 0.3) is 0 Å². The maximum Gasteiger partial charge on any atom is 0.303 e. The van der Waals surface area contributed by atoms with Crippen LogP contribution in [0, 0.1) is 23.2 Å². The second kappa shape index (κ2) is 9.78. The number of aliphatic carboxylic acids is 1. The van der Waals surface area contributed by atoms with E-state index in [0.717, 1.165) is 40.7 Å². The summed E-state index contributed by atoms with van der Waals surface area (Å²) in [5.74, 6) is 1.77. The summed E-state index contributed by atoms with van der Waals surface area (Å²) in [4.78, 5) is 21.3. The maximum atomic E-state index is 10.9. The summed E-state index contributed by atoms with van der Waals surface area (Å²) in [5.41, 5.74) is 6.43. The molecule has 0 aliphatic heterocycles. The summed E-state index contributed by atoms with van der Waals surface area (Å²) in [5, 5.41) is 11.6. The first kappa shape index (κ1) is 22.5. The fourth-order valence-corrected chi connectivity index (χ4v) is 5.90. The predicted octanol–water partition coefficient (Wildman–Crippen LogP) is 6.26. The Hall–Kier alpha value is -2.14. The Kier molecular flexibility index (Phi) is 7.35. The molecule has 1 heterocycles. The van der Waals surface area contributed by atoms with Gasteiger partial charge >= 0.3 is 5.97 Å². The number of hydrogen-bond acceptors (Lipinski definition) is 3. The smallest absolute Gasteiger partial charge is 0.303 e. The lowest BCUT2D eigenvalue weighted by atomic mass is 9.46. The third-order valence-electron chi connectivity index (χ3n) is 7.05. The molecule has 0 spiro atoms. The first-order valence-corrected chi connectivity index (χ1v) is 11.8. The molecular weight excluding hydrogens is 394 g/mol. The number of nitrogens with two attached hydrogens (primary N) is 1. The minimum absolute atomic E-state index is 0.298. The minimum Gasteiger partial charge on any atom is -0.481 e. The van der Waals surface area contributed by atoms with Gasteiger partial charge in [-0.2, -0.15) is 0 Å². The van der Waals surface area contributed by atoms with Gasteiger partial charge in [-0.05, 0) is 84.6 Å². The van der Waals surface area contributed by atoms with E-state index in [4.69, 9.17) is 10.8 Å². The Balaban J connectivity index is 0.000000184. The number of benzene rings is 1. The molecule has 3 N–H and O–H groups in total. The van der Waals surface area contributed by atoms with E-state index >= 15 is 0 Å². The number of amides is 1. The Morgan fingerprint density at radius 3 is 2.53 bits per heavy atom. The first-order chi connectivity index (χ1) is 14.3. The topological polar surface area (TPSA) is 80.4 Å². The fourth-order valence-electron chi connectivity index (χ4n) is 4.98. The van der Waals surface area contributed by atoms with Crippen molar-refractivity contribution in [3.63, 3.8) is 0 Å². The normalized spacial score (nSPS) is 24.1. The van der Waals surface area contributed by atoms with Crippen LogP contribution < -0.4 is 5.73 Å². The van der Waals surface area contributed by atoms with Gasteiger partial charge in [0.1, 0.15) is 0 Å². The molecule has 0 radical (unpaired) electrons. The molecule has 1 aromatic heterocycles. The van der Waals surface area contributed by atoms with Crippen molar-refractivity contribution in [2.45, 2.75) is 58.8 Å². The van der Waals surface area contributed by atoms with Crippen molar-refractivity contribution in [2.24, 2.45) is 28.9 Å². The number of hydrogen-bond donors (Lipinski definition) is 2. The van der Waals surface area contributed by atoms with Gasteiger partial charge in [-0.1, -0.05) is 38.1 Å². The number of allylic oxidation sites excluding steroid dienone is 2. The molecule has 2 unspecified atom stereocenters. The van der Waals surface area contributed by atoms with Crippen molar-refractivity contribution in [1.29, 1.82) is 0 Å². The number of carboxylic acids is 1. The summed E-state index contributed by atoms with van der Waals surface area (Å²) in [6.07, 6.45) is 11.9. The largest absolute Gasteiger partial charge is 0.481 e. The number of carboxylic acid groups (broad SMARTS) is 1. The molecule has 162 valence electrons. The Morgan fingerprint density at radius 1 is 1.17 bits per heavy atom. The van der Waals surface area contributed by atoms with Crippen LogP contribution in [0.3, 0.4) is 0 Å². The van der Waals surface area contributed by atoms with Gasteiger partial charge in [0.05, 0.1) is 5.56 Å². The first-order valence-electron chi connectivity index (χ1n) is 10.9. The molecule has 0 saturated heterocycles. The van der Waals surface area contributed by atoms with Gasteiger partial charge in [-0.3, -0.25) is 9.59 Å². The lowest BCUT2D eigenvalue weighted by Gasteiger charge is -2.59. The highest BCUT2D eigenvalue weighted by atomic mass is 32.1. The molecule has 3 aliphatic rings. The van der Waals surface area contributed by atoms with E-state index in [1.807, 2.05) is 23.6 Å². The number of carbonyl (C=O) groups excluding carboxylic acids is 1. The molecule has 2 bridgehead atoms. The van der Waals surface area contributed by atoms with Crippen molar-refractivity contribution in [2.75, 3.05) is 0 Å². The van der Waals surface area contributed by atoms with Crippen LogP contribution in [0.15, 0.2) is 41.8 Å². The highest BCUT2D eigenvalue weighted by molar-refractivity contribution is 7.17. The molecule has 4 nitrogen and oxygen atoms in total. The van der Waals surface area contributed by atoms with Crippen molar-refractivity contribution in [3.05, 3.63) is 47.4 Å². The minimum atomic E-state index is -0.682. The van der Waals surface area contributed by atoms with Gasteiger partial charge < -0.3 is 10.8 Å². The number of carbonyl (C=O) groups is 2. The molecule has 1 amide bonds. The van der Waals surface area contributed by atoms with Crippen molar-refractivity contribution in [1.82, 2.24) is 0 Å². The Bertz CT molecular complexity index is 900. The van der Waals surface area contributed by atoms with Gasteiger partial charge in [-0.25, -0.2) is 0 Å². The summed E-state index contributed by atoms with van der Waals surface area (Å²) in [6.45, 7) is 4.87. The summed E-state index contributed by atoms with van der Waals surface area (Å²) in [6, 6.07) is 7.54. The highest BCUT2D eigenvalue weighted by Crippen LogP contribution is 2.61. The van der Waals surface area contributed by atoms with Gasteiger partial charge in [0.15, 0.2) is 0 Å². The fraction of sp³-hybridized carbons (Fsp3) is 0.520. The number of thiophene rings is 1. The number of primary amides is 1. The summed E-state index contributed by atoms with van der Waals surface area (Å²) < 4.78 is 0.977. The van der Waals surface area contributed by atoms with Crippen LogP contribution in [-0.2, 0) is 4.79 Å². The van der Waals surface area contributed by atoms with E-state index < -0.39 is 5.97 Å². The van der Waals surface area contributed by atoms with Crippen LogP contribution >= 0.6 is 11.3 Å². The average molecular weight is 428 g/mol. The van der Waals surface area contributed by atoms with E-state index in [9.17, 15) is 9.59 Å². The van der Waals surface area contributed by atoms with Crippen LogP contribution in [0.5, 0.6) is 0 Å². The van der Waals surface area contributed by atoms with Crippen LogP contribution in [0.4, 0.5) is 0 Å². The predicted molar refractivity (Wildman–Crippen MR) is 124 cm³/mol. The van der Waals surface area contributed by atoms with Crippen molar-refractivity contribution >= 4 is 33.3 Å². The SMILES string of the molecule is CC1(C)C2CC(C/C=C\CCCC(=O)O)CC1C2.NC(=O)c1cccc2ccsc12. The zero-order chi connectivity index (χ0) is 21.7. The molecule has 2 aromatic rings. The van der Waals surface area contributed by atoms with E-state index in [2.05, 4.69) is 26.0 Å². The van der Waals surface area contributed by atoms with Crippen molar-refractivity contribution < 1.29 is 14.7 Å². The highest BCUT2D eigenvalue weighted by Gasteiger charge is 2.52. The Morgan fingerprint density at radius 2 is 1.90 bits per heavy atom. The molecule has 2 atom stereocenters. The molecule has 3 aliphatic carbocycles. The quantitative estimate of drug-likeness (QED) is 0.404. The third kappa shape index (κ3) is 5.31. The van der Waals surface area contributed by atoms with E-state index in [1.165, 1.54) is 25.7 Å². The molecule has 1 aromatic carbocycles. The second-order valence-corrected chi connectivity index (χ2v) is 10.2. The van der Waals surface area contributed by atoms with Crippen molar-refractivity contribution in [3.8, 4) is 0 Å². The lowest BCUT2D eigenvalue weighted by Crippen LogP contribution is -2.50. The monoisotopic (exact) mass is 427 g/mol. The Labute approximate surface area is 183 Å². The van der Waals surface area contributed by atoms with Crippen LogP contribution in [0.25, 0.3) is 10.1 Å². The third-order valence-corrected chi connectivity index (χ3v) is 8.01. The molecule has 3 fully saturated rings.